The molecule has 1 N–H and O–H groups in total. The van der Waals surface area contributed by atoms with E-state index in [9.17, 15) is 4.79 Å². The molecule has 114 valence electrons. The molecule has 0 aliphatic carbocycles. The van der Waals surface area contributed by atoms with Crippen LogP contribution in [-0.2, 0) is 6.42 Å². The van der Waals surface area contributed by atoms with Crippen LogP contribution < -0.4 is 4.74 Å². The van der Waals surface area contributed by atoms with Crippen molar-refractivity contribution in [2.24, 2.45) is 0 Å². The predicted octanol–water partition coefficient (Wildman–Crippen LogP) is 2.20. The monoisotopic (exact) mass is 315 g/mol. The highest BCUT2D eigenvalue weighted by Gasteiger charge is 2.21. The minimum Gasteiger partial charge on any atom is -0.493 e. The number of aromatic nitrogens is 2. The van der Waals surface area contributed by atoms with Gasteiger partial charge in [-0.25, -0.2) is 0 Å². The summed E-state index contributed by atoms with van der Waals surface area (Å²) in [7, 11) is 0. The Morgan fingerprint density at radius 1 is 1.27 bits per heavy atom. The molecule has 2 aromatic rings. The number of amides is 1. The van der Waals surface area contributed by atoms with E-state index in [0.29, 0.717) is 5.69 Å². The van der Waals surface area contributed by atoms with Crippen LogP contribution in [0.3, 0.4) is 0 Å². The van der Waals surface area contributed by atoms with Crippen molar-refractivity contribution in [2.45, 2.75) is 6.42 Å². The van der Waals surface area contributed by atoms with E-state index >= 15 is 0 Å². The van der Waals surface area contributed by atoms with Gasteiger partial charge in [-0.1, -0.05) is 0 Å². The Morgan fingerprint density at radius 3 is 3.00 bits per heavy atom. The highest BCUT2D eigenvalue weighted by atomic mass is 32.2. The van der Waals surface area contributed by atoms with Crippen molar-refractivity contribution < 1.29 is 9.53 Å². The third kappa shape index (κ3) is 2.47. The zero-order chi connectivity index (χ0) is 14.9. The van der Waals surface area contributed by atoms with Crippen molar-refractivity contribution in [1.82, 2.24) is 15.1 Å². The molecule has 2 aliphatic rings. The Bertz CT molecular complexity index is 707. The average molecular weight is 315 g/mol. The Morgan fingerprint density at radius 2 is 2.14 bits per heavy atom. The van der Waals surface area contributed by atoms with Crippen LogP contribution in [0.15, 0.2) is 24.3 Å². The third-order valence-electron chi connectivity index (χ3n) is 4.09. The van der Waals surface area contributed by atoms with Crippen LogP contribution in [0.2, 0.25) is 0 Å². The number of H-pyrrole nitrogens is 1. The Hall–Kier alpha value is -1.95. The minimum absolute atomic E-state index is 0.0449. The summed E-state index contributed by atoms with van der Waals surface area (Å²) in [6, 6.07) is 7.92. The number of nitrogens with zero attached hydrogens (tertiary/aromatic N) is 2. The van der Waals surface area contributed by atoms with E-state index < -0.39 is 0 Å². The molecule has 0 atom stereocenters. The number of carbonyl (C=O) groups excluding carboxylic acids is 1. The first-order chi connectivity index (χ1) is 10.8. The SMILES string of the molecule is O=C(c1cc(-c2ccc3c(c2)CCO3)n[nH]1)N1CCSCC1. The highest BCUT2D eigenvalue weighted by molar-refractivity contribution is 7.99. The van der Waals surface area contributed by atoms with E-state index in [-0.39, 0.29) is 5.91 Å². The maximum absolute atomic E-state index is 12.5. The Kier molecular flexibility index (Phi) is 3.54. The van der Waals surface area contributed by atoms with Gasteiger partial charge in [-0.05, 0) is 29.8 Å². The lowest BCUT2D eigenvalue weighted by Gasteiger charge is -2.25. The first-order valence-corrected chi connectivity index (χ1v) is 8.65. The number of benzene rings is 1. The Balaban J connectivity index is 1.57. The standard InChI is InChI=1S/C16H17N3O2S/c20-16(19-4-7-22-8-5-19)14-10-13(17-18-14)11-1-2-15-12(9-11)3-6-21-15/h1-2,9-10H,3-8H2,(H,17,18). The van der Waals surface area contributed by atoms with E-state index in [2.05, 4.69) is 16.3 Å². The van der Waals surface area contributed by atoms with E-state index in [0.717, 1.165) is 54.6 Å². The number of thioether (sulfide) groups is 1. The van der Waals surface area contributed by atoms with Crippen molar-refractivity contribution in [3.63, 3.8) is 0 Å². The van der Waals surface area contributed by atoms with E-state index in [1.807, 2.05) is 34.9 Å². The fourth-order valence-electron chi connectivity index (χ4n) is 2.86. The summed E-state index contributed by atoms with van der Waals surface area (Å²) in [5.74, 6) is 3.03. The van der Waals surface area contributed by atoms with Gasteiger partial charge in [0, 0.05) is 36.6 Å². The molecule has 22 heavy (non-hydrogen) atoms. The first kappa shape index (κ1) is 13.7. The molecule has 3 heterocycles. The molecule has 1 saturated heterocycles. The van der Waals surface area contributed by atoms with Crippen molar-refractivity contribution in [2.75, 3.05) is 31.2 Å². The van der Waals surface area contributed by atoms with Gasteiger partial charge in [-0.3, -0.25) is 9.89 Å². The molecule has 0 unspecified atom stereocenters. The summed E-state index contributed by atoms with van der Waals surface area (Å²) in [6.07, 6.45) is 0.935. The zero-order valence-electron chi connectivity index (χ0n) is 12.2. The minimum atomic E-state index is 0.0449. The lowest BCUT2D eigenvalue weighted by molar-refractivity contribution is 0.0766. The van der Waals surface area contributed by atoms with Crippen LogP contribution in [-0.4, -0.2) is 52.2 Å². The van der Waals surface area contributed by atoms with E-state index in [1.165, 1.54) is 5.56 Å². The molecule has 2 aliphatic heterocycles. The van der Waals surface area contributed by atoms with Crippen LogP contribution in [0.25, 0.3) is 11.3 Å². The van der Waals surface area contributed by atoms with Gasteiger partial charge in [0.15, 0.2) is 0 Å². The van der Waals surface area contributed by atoms with Gasteiger partial charge in [0.2, 0.25) is 0 Å². The number of ether oxygens (including phenoxy) is 1. The fourth-order valence-corrected chi connectivity index (χ4v) is 3.76. The average Bonchev–Trinajstić information content (AvgIpc) is 3.23. The largest absolute Gasteiger partial charge is 0.493 e. The lowest BCUT2D eigenvalue weighted by atomic mass is 10.1. The normalized spacial score (nSPS) is 17.2. The number of rotatable bonds is 2. The van der Waals surface area contributed by atoms with Gasteiger partial charge in [0.05, 0.1) is 12.3 Å². The molecule has 4 rings (SSSR count). The quantitative estimate of drug-likeness (QED) is 0.923. The van der Waals surface area contributed by atoms with Gasteiger partial charge < -0.3 is 9.64 Å². The first-order valence-electron chi connectivity index (χ1n) is 7.50. The van der Waals surface area contributed by atoms with Crippen molar-refractivity contribution in [3.05, 3.63) is 35.5 Å². The predicted molar refractivity (Wildman–Crippen MR) is 86.5 cm³/mol. The second-order valence-corrected chi connectivity index (χ2v) is 6.72. The number of hydrogen-bond donors (Lipinski definition) is 1. The highest BCUT2D eigenvalue weighted by Crippen LogP contribution is 2.30. The summed E-state index contributed by atoms with van der Waals surface area (Å²) in [4.78, 5) is 14.4. The van der Waals surface area contributed by atoms with Crippen LogP contribution in [0, 0.1) is 0 Å². The summed E-state index contributed by atoms with van der Waals surface area (Å²) in [5, 5.41) is 7.20. The molecular formula is C16H17N3O2S. The number of hydrogen-bond acceptors (Lipinski definition) is 4. The van der Waals surface area contributed by atoms with Gasteiger partial charge in [-0.2, -0.15) is 16.9 Å². The molecular weight excluding hydrogens is 298 g/mol. The number of nitrogens with one attached hydrogen (secondary N) is 1. The molecule has 6 heteroatoms. The molecule has 0 saturated carbocycles. The van der Waals surface area contributed by atoms with Crippen molar-refractivity contribution in [1.29, 1.82) is 0 Å². The number of fused-ring (bicyclic) bond motifs is 1. The van der Waals surface area contributed by atoms with Gasteiger partial charge >= 0.3 is 0 Å². The fraction of sp³-hybridized carbons (Fsp3) is 0.375. The maximum Gasteiger partial charge on any atom is 0.271 e. The molecule has 0 spiro atoms. The van der Waals surface area contributed by atoms with Gasteiger partial charge in [0.1, 0.15) is 11.4 Å². The molecule has 1 amide bonds. The van der Waals surface area contributed by atoms with Crippen molar-refractivity contribution >= 4 is 17.7 Å². The molecule has 1 fully saturated rings. The number of aromatic amines is 1. The van der Waals surface area contributed by atoms with E-state index in [1.54, 1.807) is 0 Å². The summed E-state index contributed by atoms with van der Waals surface area (Å²) in [5.41, 5.74) is 3.61. The summed E-state index contributed by atoms with van der Waals surface area (Å²) in [6.45, 7) is 2.37. The molecule has 5 nitrogen and oxygen atoms in total. The van der Waals surface area contributed by atoms with Gasteiger partial charge in [-0.15, -0.1) is 0 Å². The molecule has 1 aromatic heterocycles. The summed E-state index contributed by atoms with van der Waals surface area (Å²) < 4.78 is 5.52. The molecule has 0 radical (unpaired) electrons. The molecule has 1 aromatic carbocycles. The molecule has 0 bridgehead atoms. The van der Waals surface area contributed by atoms with Crippen LogP contribution >= 0.6 is 11.8 Å². The topological polar surface area (TPSA) is 58.2 Å². The van der Waals surface area contributed by atoms with Gasteiger partial charge in [0.25, 0.3) is 5.91 Å². The second-order valence-electron chi connectivity index (χ2n) is 5.49. The zero-order valence-corrected chi connectivity index (χ0v) is 13.0. The van der Waals surface area contributed by atoms with Crippen LogP contribution in [0.1, 0.15) is 16.1 Å². The smallest absolute Gasteiger partial charge is 0.271 e. The van der Waals surface area contributed by atoms with E-state index in [4.69, 9.17) is 4.74 Å². The third-order valence-corrected chi connectivity index (χ3v) is 5.03. The van der Waals surface area contributed by atoms with Crippen LogP contribution in [0.4, 0.5) is 0 Å². The Labute approximate surface area is 133 Å². The van der Waals surface area contributed by atoms with Crippen molar-refractivity contribution in [3.8, 4) is 17.0 Å². The lowest BCUT2D eigenvalue weighted by Crippen LogP contribution is -2.38. The maximum atomic E-state index is 12.5. The van der Waals surface area contributed by atoms with Crippen LogP contribution in [0.5, 0.6) is 5.75 Å². The number of carbonyl (C=O) groups is 1. The summed E-state index contributed by atoms with van der Waals surface area (Å²) >= 11 is 1.89. The second kappa shape index (κ2) is 5.68.